The first-order valence-corrected chi connectivity index (χ1v) is 12.2. The summed E-state index contributed by atoms with van der Waals surface area (Å²) in [7, 11) is -3.67. The lowest BCUT2D eigenvalue weighted by Crippen LogP contribution is -2.14. The molecule has 168 valence electrons. The Morgan fingerprint density at radius 3 is 2.39 bits per heavy atom. The molecule has 2 aromatic heterocycles. The molecule has 4 aromatic rings. The van der Waals surface area contributed by atoms with Crippen LogP contribution in [0.1, 0.15) is 29.7 Å². The van der Waals surface area contributed by atoms with Crippen LogP contribution in [0.4, 0.5) is 5.69 Å². The summed E-state index contributed by atoms with van der Waals surface area (Å²) in [6.45, 7) is 1.90. The van der Waals surface area contributed by atoms with Crippen molar-refractivity contribution < 1.29 is 13.2 Å². The lowest BCUT2D eigenvalue weighted by atomic mass is 9.92. The number of aromatic nitrogens is 4. The van der Waals surface area contributed by atoms with Gasteiger partial charge in [0.15, 0.2) is 5.82 Å². The Kier molecular flexibility index (Phi) is 5.55. The van der Waals surface area contributed by atoms with Gasteiger partial charge in [0.25, 0.3) is 10.0 Å². The molecule has 0 bridgehead atoms. The van der Waals surface area contributed by atoms with E-state index in [4.69, 9.17) is 4.74 Å². The Balaban J connectivity index is 1.26. The number of hydrogen-bond donors (Lipinski definition) is 1. The minimum absolute atomic E-state index is 0.284. The fourth-order valence-electron chi connectivity index (χ4n) is 3.84. The normalized spacial score (nSPS) is 13.4. The molecular weight excluding hydrogens is 438 g/mol. The molecule has 0 amide bonds. The smallest absolute Gasteiger partial charge is 0.261 e. The van der Waals surface area contributed by atoms with Crippen LogP contribution in [0, 0.1) is 6.92 Å². The van der Waals surface area contributed by atoms with Gasteiger partial charge in [0, 0.05) is 18.0 Å². The molecule has 0 fully saturated rings. The van der Waals surface area contributed by atoms with Crippen molar-refractivity contribution in [1.29, 1.82) is 0 Å². The Hall–Kier alpha value is -3.72. The molecule has 2 heterocycles. The van der Waals surface area contributed by atoms with Gasteiger partial charge < -0.3 is 4.74 Å². The second-order valence-electron chi connectivity index (χ2n) is 8.00. The summed E-state index contributed by atoms with van der Waals surface area (Å²) in [4.78, 5) is 0.284. The second kappa shape index (κ2) is 8.67. The molecule has 33 heavy (non-hydrogen) atoms. The van der Waals surface area contributed by atoms with Crippen molar-refractivity contribution in [2.24, 2.45) is 0 Å². The second-order valence-corrected chi connectivity index (χ2v) is 9.68. The monoisotopic (exact) mass is 461 g/mol. The molecule has 1 N–H and O–H groups in total. The van der Waals surface area contributed by atoms with Crippen LogP contribution in [0.15, 0.2) is 71.8 Å². The third-order valence-electron chi connectivity index (χ3n) is 5.54. The first-order chi connectivity index (χ1) is 16.0. The highest BCUT2D eigenvalue weighted by molar-refractivity contribution is 7.92. The molecule has 0 spiro atoms. The van der Waals surface area contributed by atoms with E-state index in [0.29, 0.717) is 23.1 Å². The van der Waals surface area contributed by atoms with Crippen LogP contribution in [0.2, 0.25) is 0 Å². The third kappa shape index (κ3) is 4.73. The number of nitrogens with one attached hydrogen (secondary N) is 1. The van der Waals surface area contributed by atoms with Gasteiger partial charge in [-0.15, -0.1) is 10.2 Å². The maximum atomic E-state index is 12.8. The van der Waals surface area contributed by atoms with Gasteiger partial charge in [-0.1, -0.05) is 6.07 Å². The quantitative estimate of drug-likeness (QED) is 0.456. The Morgan fingerprint density at radius 1 is 0.909 bits per heavy atom. The van der Waals surface area contributed by atoms with Gasteiger partial charge >= 0.3 is 0 Å². The molecule has 0 unspecified atom stereocenters. The molecule has 8 nitrogen and oxygen atoms in total. The number of ether oxygens (including phenoxy) is 1. The van der Waals surface area contributed by atoms with Crippen molar-refractivity contribution in [2.75, 3.05) is 4.72 Å². The average Bonchev–Trinajstić information content (AvgIpc) is 3.26. The van der Waals surface area contributed by atoms with Crippen LogP contribution in [0.25, 0.3) is 5.82 Å². The molecular formula is C24H23N5O3S. The summed E-state index contributed by atoms with van der Waals surface area (Å²) in [5.74, 6) is 1.43. The highest BCUT2D eigenvalue weighted by Gasteiger charge is 2.18. The summed E-state index contributed by atoms with van der Waals surface area (Å²) in [5, 5.41) is 12.5. The molecule has 1 aliphatic rings. The minimum atomic E-state index is -3.67. The van der Waals surface area contributed by atoms with E-state index in [-0.39, 0.29) is 4.90 Å². The van der Waals surface area contributed by atoms with Crippen LogP contribution < -0.4 is 9.46 Å². The van der Waals surface area contributed by atoms with E-state index in [1.807, 2.05) is 25.3 Å². The predicted molar refractivity (Wildman–Crippen MR) is 124 cm³/mol. The van der Waals surface area contributed by atoms with E-state index in [0.717, 1.165) is 36.9 Å². The minimum Gasteiger partial charge on any atom is -0.438 e. The van der Waals surface area contributed by atoms with Crippen molar-refractivity contribution in [3.8, 4) is 17.4 Å². The van der Waals surface area contributed by atoms with Crippen LogP contribution in [-0.2, 0) is 22.9 Å². The van der Waals surface area contributed by atoms with Crippen molar-refractivity contribution in [1.82, 2.24) is 20.0 Å². The van der Waals surface area contributed by atoms with Gasteiger partial charge in [0.05, 0.1) is 10.6 Å². The molecule has 1 aliphatic carbocycles. The predicted octanol–water partition coefficient (Wildman–Crippen LogP) is 4.44. The van der Waals surface area contributed by atoms with Crippen molar-refractivity contribution >= 4 is 15.7 Å². The Bertz CT molecular complexity index is 1380. The van der Waals surface area contributed by atoms with E-state index in [2.05, 4.69) is 20.0 Å². The van der Waals surface area contributed by atoms with Crippen LogP contribution in [0.5, 0.6) is 11.6 Å². The largest absolute Gasteiger partial charge is 0.438 e. The number of nitrogens with zero attached hydrogens (tertiary/aromatic N) is 4. The molecule has 0 radical (unpaired) electrons. The van der Waals surface area contributed by atoms with Gasteiger partial charge in [-0.2, -0.15) is 5.10 Å². The zero-order valence-electron chi connectivity index (χ0n) is 18.1. The molecule has 5 rings (SSSR count). The summed E-state index contributed by atoms with van der Waals surface area (Å²) >= 11 is 0. The Morgan fingerprint density at radius 2 is 1.70 bits per heavy atom. The fourth-order valence-corrected chi connectivity index (χ4v) is 4.94. The van der Waals surface area contributed by atoms with Gasteiger partial charge in [0.2, 0.25) is 5.88 Å². The maximum Gasteiger partial charge on any atom is 0.261 e. The zero-order valence-corrected chi connectivity index (χ0v) is 18.9. The number of fused-ring (bicyclic) bond motifs is 1. The van der Waals surface area contributed by atoms with Gasteiger partial charge in [0.1, 0.15) is 5.75 Å². The van der Waals surface area contributed by atoms with E-state index < -0.39 is 10.0 Å². The highest BCUT2D eigenvalue weighted by Crippen LogP contribution is 2.26. The summed E-state index contributed by atoms with van der Waals surface area (Å²) in [6.07, 6.45) is 6.01. The SMILES string of the molecule is Cc1ccn(-c2ccc(Oc3ccc(NS(=O)(=O)c4ccc5c(c4)CCCC5)cc3)nn2)n1. The molecule has 0 atom stereocenters. The molecule has 0 aliphatic heterocycles. The number of hydrogen-bond acceptors (Lipinski definition) is 6. The molecule has 9 heteroatoms. The third-order valence-corrected chi connectivity index (χ3v) is 6.92. The molecule has 0 saturated carbocycles. The number of sulfonamides is 1. The summed E-state index contributed by atoms with van der Waals surface area (Å²) in [6, 6.07) is 17.4. The number of benzene rings is 2. The standard InChI is InChI=1S/C24H23N5O3S/c1-17-14-15-29(27-17)23-12-13-24(26-25-23)32-21-9-7-20(8-10-21)28-33(30,31)22-11-6-18-4-2-3-5-19(18)16-22/h6-16,28H,2-5H2,1H3. The topological polar surface area (TPSA) is 99.0 Å². The van der Waals surface area contributed by atoms with E-state index in [1.165, 1.54) is 5.56 Å². The van der Waals surface area contributed by atoms with Gasteiger partial charge in [-0.25, -0.2) is 13.1 Å². The van der Waals surface area contributed by atoms with Crippen LogP contribution in [0.3, 0.4) is 0 Å². The Labute approximate surface area is 192 Å². The van der Waals surface area contributed by atoms with Gasteiger partial charge in [-0.3, -0.25) is 4.72 Å². The first kappa shape index (κ1) is 21.1. The van der Waals surface area contributed by atoms with E-state index >= 15 is 0 Å². The zero-order chi connectivity index (χ0) is 22.8. The summed E-state index contributed by atoms with van der Waals surface area (Å²) in [5.41, 5.74) is 3.72. The van der Waals surface area contributed by atoms with Crippen LogP contribution >= 0.6 is 0 Å². The van der Waals surface area contributed by atoms with E-state index in [1.54, 1.807) is 53.2 Å². The summed E-state index contributed by atoms with van der Waals surface area (Å²) < 4.78 is 35.7. The van der Waals surface area contributed by atoms with Crippen molar-refractivity contribution in [2.45, 2.75) is 37.5 Å². The number of aryl methyl sites for hydroxylation is 3. The highest BCUT2D eigenvalue weighted by atomic mass is 32.2. The number of rotatable bonds is 6. The lowest BCUT2D eigenvalue weighted by molar-refractivity contribution is 0.454. The molecule has 0 saturated heterocycles. The fraction of sp³-hybridized carbons (Fsp3) is 0.208. The van der Waals surface area contributed by atoms with Crippen LogP contribution in [-0.4, -0.2) is 28.4 Å². The van der Waals surface area contributed by atoms with Gasteiger partial charge in [-0.05, 0) is 92.3 Å². The van der Waals surface area contributed by atoms with E-state index in [9.17, 15) is 8.42 Å². The lowest BCUT2D eigenvalue weighted by Gasteiger charge is -2.17. The first-order valence-electron chi connectivity index (χ1n) is 10.8. The molecule has 2 aromatic carbocycles. The average molecular weight is 462 g/mol. The number of anilines is 1. The van der Waals surface area contributed by atoms with Crippen molar-refractivity contribution in [3.63, 3.8) is 0 Å². The van der Waals surface area contributed by atoms with Crippen molar-refractivity contribution in [3.05, 3.63) is 83.7 Å². The maximum absolute atomic E-state index is 12.8.